The second kappa shape index (κ2) is 10.1. The van der Waals surface area contributed by atoms with E-state index in [2.05, 4.69) is 5.32 Å². The van der Waals surface area contributed by atoms with Gasteiger partial charge >= 0.3 is 0 Å². The Kier molecular flexibility index (Phi) is 6.85. The van der Waals surface area contributed by atoms with E-state index in [9.17, 15) is 9.59 Å². The van der Waals surface area contributed by atoms with Crippen LogP contribution in [0.5, 0.6) is 5.75 Å². The van der Waals surface area contributed by atoms with E-state index in [1.807, 2.05) is 78.9 Å². The van der Waals surface area contributed by atoms with Gasteiger partial charge in [0.15, 0.2) is 0 Å². The molecule has 1 heterocycles. The highest BCUT2D eigenvalue weighted by Gasteiger charge is 2.34. The maximum absolute atomic E-state index is 13.3. The smallest absolute Gasteiger partial charge is 0.254 e. The second-order valence-corrected chi connectivity index (χ2v) is 8.00. The standard InChI is InChI=1S/C27H28N2O3/c1-32-24-13-6-11-22(19-24)21-10-5-12-23(18-21)27(31)29-17-7-14-25(29)26(30)28-16-15-20-8-3-2-4-9-20/h2-6,8-13,18-19,25H,7,14-17H2,1H3,(H,28,30). The molecule has 1 saturated heterocycles. The molecule has 1 N–H and O–H groups in total. The van der Waals surface area contributed by atoms with Gasteiger partial charge in [0.05, 0.1) is 7.11 Å². The Hall–Kier alpha value is -3.60. The molecule has 1 fully saturated rings. The fraction of sp³-hybridized carbons (Fsp3) is 0.259. The third-order valence-electron chi connectivity index (χ3n) is 5.88. The molecule has 2 amide bonds. The lowest BCUT2D eigenvalue weighted by Crippen LogP contribution is -2.46. The lowest BCUT2D eigenvalue weighted by atomic mass is 10.0. The lowest BCUT2D eigenvalue weighted by molar-refractivity contribution is -0.124. The van der Waals surface area contributed by atoms with Crippen molar-refractivity contribution in [1.82, 2.24) is 10.2 Å². The van der Waals surface area contributed by atoms with E-state index in [-0.39, 0.29) is 11.8 Å². The quantitative estimate of drug-likeness (QED) is 0.610. The molecule has 1 unspecified atom stereocenters. The lowest BCUT2D eigenvalue weighted by Gasteiger charge is -2.24. The summed E-state index contributed by atoms with van der Waals surface area (Å²) in [4.78, 5) is 27.8. The van der Waals surface area contributed by atoms with Crippen molar-refractivity contribution in [3.63, 3.8) is 0 Å². The molecule has 0 radical (unpaired) electrons. The average molecular weight is 429 g/mol. The van der Waals surface area contributed by atoms with Crippen molar-refractivity contribution in [3.8, 4) is 16.9 Å². The number of ether oxygens (including phenoxy) is 1. The molecular weight excluding hydrogens is 400 g/mol. The summed E-state index contributed by atoms with van der Waals surface area (Å²) in [6.07, 6.45) is 2.30. The summed E-state index contributed by atoms with van der Waals surface area (Å²) >= 11 is 0. The molecule has 5 nitrogen and oxygen atoms in total. The minimum atomic E-state index is -0.418. The Morgan fingerprint density at radius 1 is 0.969 bits per heavy atom. The summed E-state index contributed by atoms with van der Waals surface area (Å²) < 4.78 is 5.32. The Labute approximate surface area is 189 Å². The van der Waals surface area contributed by atoms with Crippen LogP contribution >= 0.6 is 0 Å². The van der Waals surface area contributed by atoms with Crippen molar-refractivity contribution in [2.24, 2.45) is 0 Å². The van der Waals surface area contributed by atoms with E-state index in [1.54, 1.807) is 12.0 Å². The summed E-state index contributed by atoms with van der Waals surface area (Å²) in [6.45, 7) is 1.16. The first kappa shape index (κ1) is 21.6. The van der Waals surface area contributed by atoms with E-state index < -0.39 is 6.04 Å². The summed E-state index contributed by atoms with van der Waals surface area (Å²) in [5.41, 5.74) is 3.70. The van der Waals surface area contributed by atoms with Gasteiger partial charge in [-0.2, -0.15) is 0 Å². The Morgan fingerprint density at radius 3 is 2.50 bits per heavy atom. The van der Waals surface area contributed by atoms with E-state index in [0.717, 1.165) is 29.7 Å². The van der Waals surface area contributed by atoms with Gasteiger partial charge in [-0.3, -0.25) is 9.59 Å². The van der Waals surface area contributed by atoms with E-state index in [4.69, 9.17) is 4.74 Å². The minimum Gasteiger partial charge on any atom is -0.497 e. The number of benzene rings is 3. The van der Waals surface area contributed by atoms with Gasteiger partial charge in [0.2, 0.25) is 5.91 Å². The van der Waals surface area contributed by atoms with Gasteiger partial charge in [-0.1, -0.05) is 54.6 Å². The number of hydrogen-bond acceptors (Lipinski definition) is 3. The largest absolute Gasteiger partial charge is 0.497 e. The molecule has 4 rings (SSSR count). The zero-order valence-electron chi connectivity index (χ0n) is 18.3. The first-order chi connectivity index (χ1) is 15.7. The SMILES string of the molecule is COc1cccc(-c2cccc(C(=O)N3CCCC3C(=O)NCCc3ccccc3)c2)c1. The number of nitrogens with one attached hydrogen (secondary N) is 1. The number of methoxy groups -OCH3 is 1. The highest BCUT2D eigenvalue weighted by atomic mass is 16.5. The molecular formula is C27H28N2O3. The van der Waals surface area contributed by atoms with Gasteiger partial charge in [-0.25, -0.2) is 0 Å². The van der Waals surface area contributed by atoms with Gasteiger partial charge in [0.25, 0.3) is 5.91 Å². The van der Waals surface area contributed by atoms with Crippen LogP contribution in [0.3, 0.4) is 0 Å². The van der Waals surface area contributed by atoms with E-state index in [0.29, 0.717) is 25.1 Å². The van der Waals surface area contributed by atoms with Crippen molar-refractivity contribution in [2.45, 2.75) is 25.3 Å². The third-order valence-corrected chi connectivity index (χ3v) is 5.88. The summed E-state index contributed by atoms with van der Waals surface area (Å²) in [5, 5.41) is 3.01. The Bertz CT molecular complexity index is 1080. The van der Waals surface area contributed by atoms with Gasteiger partial charge < -0.3 is 15.0 Å². The van der Waals surface area contributed by atoms with E-state index >= 15 is 0 Å². The number of carbonyl (C=O) groups is 2. The Balaban J connectivity index is 1.43. The monoisotopic (exact) mass is 428 g/mol. The van der Waals surface area contributed by atoms with Crippen LogP contribution in [0, 0.1) is 0 Å². The predicted molar refractivity (Wildman–Crippen MR) is 126 cm³/mol. The predicted octanol–water partition coefficient (Wildman–Crippen LogP) is 4.33. The van der Waals surface area contributed by atoms with Crippen LogP contribution in [-0.2, 0) is 11.2 Å². The van der Waals surface area contributed by atoms with Crippen molar-refractivity contribution in [3.05, 3.63) is 90.0 Å². The maximum atomic E-state index is 13.3. The van der Waals surface area contributed by atoms with Crippen LogP contribution in [0.15, 0.2) is 78.9 Å². The fourth-order valence-electron chi connectivity index (χ4n) is 4.18. The number of nitrogens with zero attached hydrogens (tertiary/aromatic N) is 1. The van der Waals surface area contributed by atoms with Crippen LogP contribution in [0.1, 0.15) is 28.8 Å². The maximum Gasteiger partial charge on any atom is 0.254 e. The number of carbonyl (C=O) groups excluding carboxylic acids is 2. The Morgan fingerprint density at radius 2 is 1.72 bits per heavy atom. The normalized spacial score (nSPS) is 15.4. The number of hydrogen-bond donors (Lipinski definition) is 1. The molecule has 0 bridgehead atoms. The van der Waals surface area contributed by atoms with Crippen molar-refractivity contribution in [2.75, 3.05) is 20.2 Å². The third kappa shape index (κ3) is 4.99. The topological polar surface area (TPSA) is 58.6 Å². The van der Waals surface area contributed by atoms with Crippen LogP contribution in [-0.4, -0.2) is 43.0 Å². The summed E-state index contributed by atoms with van der Waals surface area (Å²) in [6, 6.07) is 25.0. The molecule has 32 heavy (non-hydrogen) atoms. The molecule has 0 aliphatic carbocycles. The van der Waals surface area contributed by atoms with Gasteiger partial charge in [0, 0.05) is 18.7 Å². The molecule has 3 aromatic carbocycles. The molecule has 0 aromatic heterocycles. The minimum absolute atomic E-state index is 0.0734. The molecule has 0 saturated carbocycles. The van der Waals surface area contributed by atoms with Crippen molar-refractivity contribution in [1.29, 1.82) is 0 Å². The van der Waals surface area contributed by atoms with Crippen LogP contribution in [0.2, 0.25) is 0 Å². The molecule has 1 atom stereocenters. The molecule has 3 aromatic rings. The van der Waals surface area contributed by atoms with Crippen molar-refractivity contribution < 1.29 is 14.3 Å². The average Bonchev–Trinajstić information content (AvgIpc) is 3.34. The summed E-state index contributed by atoms with van der Waals surface area (Å²) in [7, 11) is 1.64. The highest BCUT2D eigenvalue weighted by molar-refractivity contribution is 5.98. The molecule has 1 aliphatic rings. The van der Waals surface area contributed by atoms with E-state index in [1.165, 1.54) is 5.56 Å². The first-order valence-corrected chi connectivity index (χ1v) is 11.0. The van der Waals surface area contributed by atoms with Crippen LogP contribution in [0.25, 0.3) is 11.1 Å². The molecule has 0 spiro atoms. The van der Waals surface area contributed by atoms with Crippen LogP contribution in [0.4, 0.5) is 0 Å². The number of amides is 2. The zero-order valence-corrected chi connectivity index (χ0v) is 18.3. The molecule has 164 valence electrons. The van der Waals surface area contributed by atoms with Gasteiger partial charge in [0.1, 0.15) is 11.8 Å². The summed E-state index contributed by atoms with van der Waals surface area (Å²) in [5.74, 6) is 0.595. The number of rotatable bonds is 7. The molecule has 5 heteroatoms. The highest BCUT2D eigenvalue weighted by Crippen LogP contribution is 2.26. The van der Waals surface area contributed by atoms with Gasteiger partial charge in [-0.15, -0.1) is 0 Å². The second-order valence-electron chi connectivity index (χ2n) is 8.00. The first-order valence-electron chi connectivity index (χ1n) is 11.0. The van der Waals surface area contributed by atoms with Crippen LogP contribution < -0.4 is 10.1 Å². The zero-order chi connectivity index (χ0) is 22.3. The van der Waals surface area contributed by atoms with Gasteiger partial charge in [-0.05, 0) is 60.2 Å². The number of likely N-dealkylation sites (tertiary alicyclic amines) is 1. The molecule has 1 aliphatic heterocycles. The van der Waals surface area contributed by atoms with Crippen molar-refractivity contribution >= 4 is 11.8 Å². The fourth-order valence-corrected chi connectivity index (χ4v) is 4.18.